The highest BCUT2D eigenvalue weighted by atomic mass is 19.4. The molecule has 1 aliphatic heterocycles. The Hall–Kier alpha value is -0.920. The maximum atomic E-state index is 12.8. The maximum absolute atomic E-state index is 12.8. The van der Waals surface area contributed by atoms with Crippen LogP contribution in [0.4, 0.5) is 22.0 Å². The topological polar surface area (TPSA) is 32.3 Å². The molecule has 1 amide bonds. The molecule has 0 aromatic heterocycles. The number of nitrogens with zero attached hydrogens (tertiary/aromatic N) is 1. The summed E-state index contributed by atoms with van der Waals surface area (Å²) < 4.78 is 61.6. The summed E-state index contributed by atoms with van der Waals surface area (Å²) in [5.41, 5.74) is 0. The molecule has 0 radical (unpaired) electrons. The Balaban J connectivity index is 2.42. The van der Waals surface area contributed by atoms with Crippen LogP contribution in [0.2, 0.25) is 0 Å². The van der Waals surface area contributed by atoms with Gasteiger partial charge in [0, 0.05) is 19.1 Å². The molecule has 118 valence electrons. The molecule has 1 heterocycles. The lowest BCUT2D eigenvalue weighted by molar-refractivity contribution is -0.270. The van der Waals surface area contributed by atoms with Crippen LogP contribution >= 0.6 is 0 Å². The average Bonchev–Trinajstić information content (AvgIpc) is 2.36. The van der Waals surface area contributed by atoms with E-state index in [1.54, 1.807) is 5.32 Å². The molecule has 8 heteroatoms. The van der Waals surface area contributed by atoms with Crippen LogP contribution < -0.4 is 5.32 Å². The highest BCUT2D eigenvalue weighted by molar-refractivity contribution is 5.84. The Morgan fingerprint density at radius 3 is 2.20 bits per heavy atom. The molecule has 0 unspecified atom stereocenters. The van der Waals surface area contributed by atoms with Crippen molar-refractivity contribution < 1.29 is 26.7 Å². The standard InChI is InChI=1S/C12H19F5N2O/c1-2-3-6-19-7-4-9(5-8-19)18-10(20)11(13,14)12(15,16)17/h9H,2-8H2,1H3,(H,18,20). The molecular weight excluding hydrogens is 283 g/mol. The van der Waals surface area contributed by atoms with E-state index in [1.165, 1.54) is 0 Å². The number of unbranched alkanes of at least 4 members (excludes halogenated alkanes) is 1. The van der Waals surface area contributed by atoms with Gasteiger partial charge in [-0.1, -0.05) is 13.3 Å². The van der Waals surface area contributed by atoms with Gasteiger partial charge in [0.05, 0.1) is 0 Å². The van der Waals surface area contributed by atoms with Crippen LogP contribution in [-0.2, 0) is 4.79 Å². The summed E-state index contributed by atoms with van der Waals surface area (Å²) in [5.74, 6) is -7.58. The minimum Gasteiger partial charge on any atom is -0.348 e. The van der Waals surface area contributed by atoms with Crippen LogP contribution in [0.25, 0.3) is 0 Å². The van der Waals surface area contributed by atoms with E-state index in [4.69, 9.17) is 0 Å². The number of carbonyl (C=O) groups is 1. The van der Waals surface area contributed by atoms with Gasteiger partial charge in [-0.2, -0.15) is 22.0 Å². The molecule has 3 nitrogen and oxygen atoms in total. The van der Waals surface area contributed by atoms with Crippen LogP contribution in [0.5, 0.6) is 0 Å². The maximum Gasteiger partial charge on any atom is 0.463 e. The first kappa shape index (κ1) is 17.1. The van der Waals surface area contributed by atoms with E-state index >= 15 is 0 Å². The fourth-order valence-corrected chi connectivity index (χ4v) is 2.09. The fraction of sp³-hybridized carbons (Fsp3) is 0.917. The average molecular weight is 302 g/mol. The van der Waals surface area contributed by atoms with Crippen LogP contribution in [-0.4, -0.2) is 48.6 Å². The minimum atomic E-state index is -5.85. The number of alkyl halides is 5. The zero-order chi connectivity index (χ0) is 15.4. The molecule has 1 rings (SSSR count). The van der Waals surface area contributed by atoms with Crippen molar-refractivity contribution in [1.29, 1.82) is 0 Å². The van der Waals surface area contributed by atoms with Gasteiger partial charge in [-0.3, -0.25) is 4.79 Å². The molecule has 1 saturated heterocycles. The second-order valence-electron chi connectivity index (χ2n) is 5.02. The number of hydrogen-bond acceptors (Lipinski definition) is 2. The molecule has 1 N–H and O–H groups in total. The summed E-state index contributed by atoms with van der Waals surface area (Å²) in [6, 6.07) is -0.617. The number of rotatable bonds is 5. The van der Waals surface area contributed by atoms with E-state index in [9.17, 15) is 26.7 Å². The van der Waals surface area contributed by atoms with E-state index < -0.39 is 24.0 Å². The molecule has 1 fully saturated rings. The molecule has 0 spiro atoms. The van der Waals surface area contributed by atoms with Gasteiger partial charge >= 0.3 is 18.0 Å². The quantitative estimate of drug-likeness (QED) is 0.792. The lowest BCUT2D eigenvalue weighted by Gasteiger charge is -2.33. The Morgan fingerprint density at radius 2 is 1.75 bits per heavy atom. The SMILES string of the molecule is CCCCN1CCC(NC(=O)C(F)(F)C(F)(F)F)CC1. The van der Waals surface area contributed by atoms with Gasteiger partial charge < -0.3 is 10.2 Å². The lowest BCUT2D eigenvalue weighted by Crippen LogP contribution is -2.54. The third-order valence-electron chi connectivity index (χ3n) is 3.39. The predicted molar refractivity (Wildman–Crippen MR) is 63.5 cm³/mol. The molecule has 20 heavy (non-hydrogen) atoms. The van der Waals surface area contributed by atoms with Crippen LogP contribution in [0, 0.1) is 0 Å². The molecular formula is C12H19F5N2O. The Morgan fingerprint density at radius 1 is 1.20 bits per heavy atom. The summed E-state index contributed by atoms with van der Waals surface area (Å²) in [6.45, 7) is 4.13. The van der Waals surface area contributed by atoms with E-state index in [0.29, 0.717) is 25.9 Å². The Labute approximate surface area is 114 Å². The first-order valence-corrected chi connectivity index (χ1v) is 6.66. The van der Waals surface area contributed by atoms with Crippen molar-refractivity contribution in [2.75, 3.05) is 19.6 Å². The fourth-order valence-electron chi connectivity index (χ4n) is 2.09. The monoisotopic (exact) mass is 302 g/mol. The van der Waals surface area contributed by atoms with Gasteiger partial charge in [0.2, 0.25) is 0 Å². The first-order valence-electron chi connectivity index (χ1n) is 6.66. The third kappa shape index (κ3) is 4.29. The predicted octanol–water partition coefficient (Wildman–Crippen LogP) is 2.56. The van der Waals surface area contributed by atoms with Crippen molar-refractivity contribution in [3.05, 3.63) is 0 Å². The molecule has 1 aliphatic rings. The third-order valence-corrected chi connectivity index (χ3v) is 3.39. The van der Waals surface area contributed by atoms with Gasteiger partial charge in [0.1, 0.15) is 0 Å². The van der Waals surface area contributed by atoms with Gasteiger partial charge in [-0.15, -0.1) is 0 Å². The van der Waals surface area contributed by atoms with Crippen LogP contribution in [0.3, 0.4) is 0 Å². The highest BCUT2D eigenvalue weighted by Gasteiger charge is 2.63. The largest absolute Gasteiger partial charge is 0.463 e. The smallest absolute Gasteiger partial charge is 0.348 e. The first-order chi connectivity index (χ1) is 9.18. The van der Waals surface area contributed by atoms with Crippen molar-refractivity contribution in [3.8, 4) is 0 Å². The molecule has 0 aromatic rings. The van der Waals surface area contributed by atoms with E-state index in [-0.39, 0.29) is 0 Å². The van der Waals surface area contributed by atoms with E-state index in [1.807, 2.05) is 6.92 Å². The summed E-state index contributed by atoms with van der Waals surface area (Å²) >= 11 is 0. The van der Waals surface area contributed by atoms with Gasteiger partial charge in [-0.05, 0) is 25.8 Å². The van der Waals surface area contributed by atoms with Gasteiger partial charge in [0.25, 0.3) is 0 Å². The summed E-state index contributed by atoms with van der Waals surface area (Å²) in [7, 11) is 0. The number of piperidine rings is 1. The van der Waals surface area contributed by atoms with E-state index in [0.717, 1.165) is 19.4 Å². The summed E-state index contributed by atoms with van der Waals surface area (Å²) in [6.07, 6.45) is -3.01. The Kier molecular flexibility index (Phi) is 5.73. The number of likely N-dealkylation sites (tertiary alicyclic amines) is 1. The minimum absolute atomic E-state index is 0.392. The number of amides is 1. The number of carbonyl (C=O) groups excluding carboxylic acids is 1. The number of halogens is 5. The second-order valence-corrected chi connectivity index (χ2v) is 5.02. The molecule has 0 bridgehead atoms. The van der Waals surface area contributed by atoms with Crippen molar-refractivity contribution in [2.24, 2.45) is 0 Å². The molecule has 0 saturated carbocycles. The van der Waals surface area contributed by atoms with Crippen LogP contribution in [0.15, 0.2) is 0 Å². The molecule has 0 atom stereocenters. The van der Waals surface area contributed by atoms with E-state index in [2.05, 4.69) is 4.90 Å². The summed E-state index contributed by atoms with van der Waals surface area (Å²) in [5, 5.41) is 1.81. The van der Waals surface area contributed by atoms with Gasteiger partial charge in [-0.25, -0.2) is 0 Å². The van der Waals surface area contributed by atoms with Crippen molar-refractivity contribution in [3.63, 3.8) is 0 Å². The van der Waals surface area contributed by atoms with Crippen molar-refractivity contribution in [1.82, 2.24) is 10.2 Å². The van der Waals surface area contributed by atoms with Crippen molar-refractivity contribution >= 4 is 5.91 Å². The van der Waals surface area contributed by atoms with Crippen LogP contribution in [0.1, 0.15) is 32.6 Å². The normalized spacial score (nSPS) is 19.1. The van der Waals surface area contributed by atoms with Gasteiger partial charge in [0.15, 0.2) is 0 Å². The highest BCUT2D eigenvalue weighted by Crippen LogP contribution is 2.35. The zero-order valence-corrected chi connectivity index (χ0v) is 11.3. The van der Waals surface area contributed by atoms with Crippen molar-refractivity contribution in [2.45, 2.75) is 50.7 Å². The lowest BCUT2D eigenvalue weighted by atomic mass is 10.0. The molecule has 0 aliphatic carbocycles. The molecule has 0 aromatic carbocycles. The Bertz CT molecular complexity index is 324. The summed E-state index contributed by atoms with van der Waals surface area (Å²) in [4.78, 5) is 13.2. The number of hydrogen-bond donors (Lipinski definition) is 1. The number of nitrogens with one attached hydrogen (secondary N) is 1. The zero-order valence-electron chi connectivity index (χ0n) is 11.3. The second kappa shape index (κ2) is 6.69.